The van der Waals surface area contributed by atoms with Gasteiger partial charge in [0.2, 0.25) is 0 Å². The Balaban J connectivity index is 2.03. The van der Waals surface area contributed by atoms with Gasteiger partial charge in [-0.3, -0.25) is 4.98 Å². The fraction of sp³-hybridized carbons (Fsp3) is 0.214. The number of pyridine rings is 1. The van der Waals surface area contributed by atoms with E-state index >= 15 is 0 Å². The molecule has 0 unspecified atom stereocenters. The molecule has 0 aliphatic carbocycles. The van der Waals surface area contributed by atoms with Gasteiger partial charge in [-0.2, -0.15) is 0 Å². The molecule has 17 heavy (non-hydrogen) atoms. The molecule has 1 aliphatic heterocycles. The summed E-state index contributed by atoms with van der Waals surface area (Å²) in [5.41, 5.74) is 4.92. The molecule has 0 saturated heterocycles. The summed E-state index contributed by atoms with van der Waals surface area (Å²) >= 11 is 0. The Bertz CT molecular complexity index is 552. The first-order chi connectivity index (χ1) is 8.36. The summed E-state index contributed by atoms with van der Waals surface area (Å²) in [4.78, 5) is 4.18. The third-order valence-corrected chi connectivity index (χ3v) is 3.10. The van der Waals surface area contributed by atoms with Crippen molar-refractivity contribution in [1.82, 2.24) is 4.98 Å². The molecule has 3 rings (SSSR count). The van der Waals surface area contributed by atoms with Gasteiger partial charge >= 0.3 is 0 Å². The zero-order valence-electron chi connectivity index (χ0n) is 9.73. The molecular formula is C14H14N2O. The van der Waals surface area contributed by atoms with Crippen LogP contribution in [0.5, 0.6) is 5.75 Å². The average Bonchev–Trinajstić information content (AvgIpc) is 2.86. The highest BCUT2D eigenvalue weighted by atomic mass is 16.5. The van der Waals surface area contributed by atoms with Crippen molar-refractivity contribution >= 4 is 5.69 Å². The normalized spacial score (nSPS) is 13.0. The molecule has 86 valence electrons. The van der Waals surface area contributed by atoms with Crippen LogP contribution in [-0.2, 0) is 6.42 Å². The van der Waals surface area contributed by atoms with E-state index in [-0.39, 0.29) is 0 Å². The second-order valence-electron chi connectivity index (χ2n) is 4.16. The lowest BCUT2D eigenvalue weighted by atomic mass is 10.0. The van der Waals surface area contributed by atoms with Crippen LogP contribution in [0.15, 0.2) is 36.7 Å². The number of aromatic nitrogens is 1. The summed E-state index contributed by atoms with van der Waals surface area (Å²) in [5.74, 6) is 0.793. The van der Waals surface area contributed by atoms with Crippen LogP contribution in [0.25, 0.3) is 11.1 Å². The number of rotatable bonds is 2. The van der Waals surface area contributed by atoms with Gasteiger partial charge in [-0.1, -0.05) is 6.07 Å². The van der Waals surface area contributed by atoms with Crippen LogP contribution >= 0.6 is 0 Å². The molecule has 0 fully saturated rings. The molecule has 2 heterocycles. The maximum atomic E-state index is 5.19. The van der Waals surface area contributed by atoms with Crippen molar-refractivity contribution < 1.29 is 4.74 Å². The summed E-state index contributed by atoms with van der Waals surface area (Å²) in [6.45, 7) is 1.04. The van der Waals surface area contributed by atoms with Crippen molar-refractivity contribution in [2.24, 2.45) is 0 Å². The lowest BCUT2D eigenvalue weighted by Crippen LogP contribution is -1.90. The predicted octanol–water partition coefficient (Wildman–Crippen LogP) is 2.73. The number of hydrogen-bond acceptors (Lipinski definition) is 3. The molecule has 1 aromatic heterocycles. The highest BCUT2D eigenvalue weighted by Crippen LogP contribution is 2.29. The molecule has 1 N–H and O–H groups in total. The summed E-state index contributed by atoms with van der Waals surface area (Å²) in [6.07, 6.45) is 4.69. The lowest BCUT2D eigenvalue weighted by molar-refractivity contribution is 0.413. The topological polar surface area (TPSA) is 34.1 Å². The molecule has 0 spiro atoms. The average molecular weight is 226 g/mol. The number of ether oxygens (including phenoxy) is 1. The van der Waals surface area contributed by atoms with Gasteiger partial charge in [0.25, 0.3) is 0 Å². The van der Waals surface area contributed by atoms with E-state index in [1.165, 1.54) is 16.8 Å². The molecule has 0 atom stereocenters. The molecule has 2 aromatic rings. The minimum atomic E-state index is 0.793. The largest absolute Gasteiger partial charge is 0.495 e. The maximum Gasteiger partial charge on any atom is 0.137 e. The van der Waals surface area contributed by atoms with E-state index < -0.39 is 0 Å². The minimum absolute atomic E-state index is 0.793. The van der Waals surface area contributed by atoms with Crippen LogP contribution < -0.4 is 10.1 Å². The van der Waals surface area contributed by atoms with Crippen LogP contribution in [0.3, 0.4) is 0 Å². The van der Waals surface area contributed by atoms with Crippen molar-refractivity contribution in [3.8, 4) is 16.9 Å². The highest BCUT2D eigenvalue weighted by Gasteiger charge is 2.10. The number of nitrogens with zero attached hydrogens (tertiary/aromatic N) is 1. The Kier molecular flexibility index (Phi) is 2.44. The van der Waals surface area contributed by atoms with Crippen LogP contribution in [0.2, 0.25) is 0 Å². The second kappa shape index (κ2) is 4.09. The van der Waals surface area contributed by atoms with Crippen molar-refractivity contribution in [1.29, 1.82) is 0 Å². The van der Waals surface area contributed by atoms with Crippen LogP contribution in [0.1, 0.15) is 5.56 Å². The quantitative estimate of drug-likeness (QED) is 0.855. The Morgan fingerprint density at radius 1 is 1.18 bits per heavy atom. The summed E-state index contributed by atoms with van der Waals surface area (Å²) in [6, 6.07) is 8.49. The van der Waals surface area contributed by atoms with Gasteiger partial charge in [0.15, 0.2) is 0 Å². The van der Waals surface area contributed by atoms with Gasteiger partial charge in [0.1, 0.15) is 5.75 Å². The lowest BCUT2D eigenvalue weighted by Gasteiger charge is -2.06. The fourth-order valence-electron chi connectivity index (χ4n) is 2.17. The number of fused-ring (bicyclic) bond motifs is 1. The molecule has 1 aliphatic rings. The zero-order chi connectivity index (χ0) is 11.7. The van der Waals surface area contributed by atoms with E-state index in [0.717, 1.165) is 24.3 Å². The van der Waals surface area contributed by atoms with Gasteiger partial charge in [-0.05, 0) is 35.7 Å². The standard InChI is InChI=1S/C14H14N2O/c1-17-13-7-12(8-15-9-13)10-2-3-14-11(6-10)4-5-16-14/h2-3,6-9,16H,4-5H2,1H3. The van der Waals surface area contributed by atoms with E-state index in [9.17, 15) is 0 Å². The Morgan fingerprint density at radius 3 is 3.00 bits per heavy atom. The third kappa shape index (κ3) is 1.84. The highest BCUT2D eigenvalue weighted by molar-refractivity contribution is 5.70. The summed E-state index contributed by atoms with van der Waals surface area (Å²) in [7, 11) is 1.66. The van der Waals surface area contributed by atoms with Gasteiger partial charge in [-0.25, -0.2) is 0 Å². The van der Waals surface area contributed by atoms with E-state index in [1.54, 1.807) is 13.3 Å². The van der Waals surface area contributed by atoms with E-state index in [0.29, 0.717) is 0 Å². The van der Waals surface area contributed by atoms with Crippen LogP contribution in [-0.4, -0.2) is 18.6 Å². The Labute approximate surface area is 100 Å². The minimum Gasteiger partial charge on any atom is -0.495 e. The van der Waals surface area contributed by atoms with E-state index in [4.69, 9.17) is 4.74 Å². The fourth-order valence-corrected chi connectivity index (χ4v) is 2.17. The molecule has 0 saturated carbocycles. The second-order valence-corrected chi connectivity index (χ2v) is 4.16. The zero-order valence-corrected chi connectivity index (χ0v) is 9.73. The van der Waals surface area contributed by atoms with Crippen molar-refractivity contribution in [2.45, 2.75) is 6.42 Å². The van der Waals surface area contributed by atoms with Gasteiger partial charge in [-0.15, -0.1) is 0 Å². The van der Waals surface area contributed by atoms with Crippen molar-refractivity contribution in [2.75, 3.05) is 19.0 Å². The number of anilines is 1. The first kappa shape index (κ1) is 10.1. The van der Waals surface area contributed by atoms with Crippen molar-refractivity contribution in [3.63, 3.8) is 0 Å². The third-order valence-electron chi connectivity index (χ3n) is 3.10. The maximum absolute atomic E-state index is 5.19. The first-order valence-electron chi connectivity index (χ1n) is 5.73. The number of nitrogens with one attached hydrogen (secondary N) is 1. The Morgan fingerprint density at radius 2 is 2.12 bits per heavy atom. The molecule has 3 nitrogen and oxygen atoms in total. The van der Waals surface area contributed by atoms with E-state index in [2.05, 4.69) is 28.5 Å². The summed E-state index contributed by atoms with van der Waals surface area (Å²) in [5, 5.41) is 3.36. The molecule has 3 heteroatoms. The van der Waals surface area contributed by atoms with Gasteiger partial charge in [0, 0.05) is 24.0 Å². The summed E-state index contributed by atoms with van der Waals surface area (Å²) < 4.78 is 5.19. The molecule has 0 radical (unpaired) electrons. The first-order valence-corrected chi connectivity index (χ1v) is 5.73. The number of methoxy groups -OCH3 is 1. The molecule has 0 bridgehead atoms. The number of benzene rings is 1. The van der Waals surface area contributed by atoms with Gasteiger partial charge < -0.3 is 10.1 Å². The molecule has 1 aromatic carbocycles. The molecular weight excluding hydrogens is 212 g/mol. The van der Waals surface area contributed by atoms with Gasteiger partial charge in [0.05, 0.1) is 13.3 Å². The van der Waals surface area contributed by atoms with Crippen molar-refractivity contribution in [3.05, 3.63) is 42.2 Å². The number of hydrogen-bond donors (Lipinski definition) is 1. The molecule has 0 amide bonds. The SMILES string of the molecule is COc1cncc(-c2ccc3c(c2)CCN3)c1. The van der Waals surface area contributed by atoms with Crippen LogP contribution in [0.4, 0.5) is 5.69 Å². The monoisotopic (exact) mass is 226 g/mol. The van der Waals surface area contributed by atoms with E-state index in [1.807, 2.05) is 12.3 Å². The smallest absolute Gasteiger partial charge is 0.137 e. The predicted molar refractivity (Wildman–Crippen MR) is 68.4 cm³/mol. The van der Waals surface area contributed by atoms with Crippen LogP contribution in [0, 0.1) is 0 Å². The Hall–Kier alpha value is -2.03.